The molecule has 0 aliphatic heterocycles. The van der Waals surface area contributed by atoms with E-state index in [2.05, 4.69) is 27.1 Å². The van der Waals surface area contributed by atoms with Crippen LogP contribution in [0.3, 0.4) is 0 Å². The average Bonchev–Trinajstić information content (AvgIpc) is 3.54. The Morgan fingerprint density at radius 1 is 1.03 bits per heavy atom. The summed E-state index contributed by atoms with van der Waals surface area (Å²) in [5.74, 6) is 4.61. The maximum absolute atomic E-state index is 13.3. The standard InChI is InChI=1S/C28H22FN5O3S/c1-20-17-33(18-32-20)19-38(36,37)26-9-6-24(15-23(26)5-2-21-3-7-25(29)8-4-21)28(35)31-16-22-10-12-34-13-11-30-27(34)14-22/h3-4,6-15,17-18H,16,19H2,1H3,(H,31,35). The summed E-state index contributed by atoms with van der Waals surface area (Å²) in [5.41, 5.74) is 3.24. The Morgan fingerprint density at radius 2 is 1.84 bits per heavy atom. The molecule has 0 saturated carbocycles. The summed E-state index contributed by atoms with van der Waals surface area (Å²) in [6.45, 7) is 2.03. The van der Waals surface area contributed by atoms with Crippen LogP contribution in [-0.4, -0.2) is 33.3 Å². The third-order valence-electron chi connectivity index (χ3n) is 5.76. The molecule has 0 unspecified atom stereocenters. The van der Waals surface area contributed by atoms with E-state index in [9.17, 15) is 17.6 Å². The van der Waals surface area contributed by atoms with Crippen molar-refractivity contribution < 1.29 is 17.6 Å². The zero-order chi connectivity index (χ0) is 26.7. The third-order valence-corrected chi connectivity index (χ3v) is 7.42. The largest absolute Gasteiger partial charge is 0.348 e. The number of hydrogen-bond acceptors (Lipinski definition) is 5. The van der Waals surface area contributed by atoms with Gasteiger partial charge in [0.05, 0.1) is 16.9 Å². The number of rotatable bonds is 6. The molecule has 0 bridgehead atoms. The summed E-state index contributed by atoms with van der Waals surface area (Å²) in [6.07, 6.45) is 8.45. The zero-order valence-corrected chi connectivity index (χ0v) is 21.1. The van der Waals surface area contributed by atoms with E-state index in [1.807, 2.05) is 28.9 Å². The summed E-state index contributed by atoms with van der Waals surface area (Å²) in [4.78, 5) is 21.3. The van der Waals surface area contributed by atoms with E-state index >= 15 is 0 Å². The van der Waals surface area contributed by atoms with Crippen LogP contribution in [-0.2, 0) is 22.3 Å². The number of nitrogens with zero attached hydrogens (tertiary/aromatic N) is 4. The van der Waals surface area contributed by atoms with Gasteiger partial charge in [0, 0.05) is 48.0 Å². The number of imidazole rings is 2. The van der Waals surface area contributed by atoms with Crippen molar-refractivity contribution in [2.24, 2.45) is 0 Å². The minimum Gasteiger partial charge on any atom is -0.348 e. The maximum Gasteiger partial charge on any atom is 0.251 e. The van der Waals surface area contributed by atoms with Gasteiger partial charge < -0.3 is 14.3 Å². The van der Waals surface area contributed by atoms with Crippen LogP contribution in [0.4, 0.5) is 4.39 Å². The molecule has 0 aliphatic rings. The Hall–Kier alpha value is -4.75. The van der Waals surface area contributed by atoms with Crippen molar-refractivity contribution in [3.63, 3.8) is 0 Å². The number of benzene rings is 2. The number of carbonyl (C=O) groups is 1. The second kappa shape index (κ2) is 10.3. The molecule has 3 heterocycles. The number of halogens is 1. The number of aromatic nitrogens is 4. The Balaban J connectivity index is 1.44. The molecule has 0 aliphatic carbocycles. The number of hydrogen-bond donors (Lipinski definition) is 1. The molecule has 0 radical (unpaired) electrons. The van der Waals surface area contributed by atoms with Gasteiger partial charge in [-0.2, -0.15) is 0 Å². The lowest BCUT2D eigenvalue weighted by Crippen LogP contribution is -2.23. The molecular weight excluding hydrogens is 505 g/mol. The van der Waals surface area contributed by atoms with Gasteiger partial charge in [0.2, 0.25) is 0 Å². The lowest BCUT2D eigenvalue weighted by molar-refractivity contribution is 0.0950. The summed E-state index contributed by atoms with van der Waals surface area (Å²) in [7, 11) is -3.84. The molecule has 5 rings (SSSR count). The molecule has 10 heteroatoms. The van der Waals surface area contributed by atoms with Crippen molar-refractivity contribution in [3.05, 3.63) is 119 Å². The number of fused-ring (bicyclic) bond motifs is 1. The van der Waals surface area contributed by atoms with Crippen LogP contribution in [0.2, 0.25) is 0 Å². The molecule has 1 amide bonds. The Bertz CT molecular complexity index is 1810. The van der Waals surface area contributed by atoms with Gasteiger partial charge in [0.1, 0.15) is 17.3 Å². The van der Waals surface area contributed by atoms with Gasteiger partial charge in [-0.05, 0) is 67.1 Å². The smallest absolute Gasteiger partial charge is 0.251 e. The SMILES string of the molecule is Cc1cn(CS(=O)(=O)c2ccc(C(=O)NCc3ccn4ccnc4c3)cc2C#Cc2ccc(F)cc2)cn1. The van der Waals surface area contributed by atoms with Gasteiger partial charge in [-0.15, -0.1) is 0 Å². The Labute approximate surface area is 218 Å². The first kappa shape index (κ1) is 24.9. The molecule has 0 spiro atoms. The number of amides is 1. The summed E-state index contributed by atoms with van der Waals surface area (Å²) in [6, 6.07) is 13.6. The molecule has 0 saturated heterocycles. The molecule has 3 aromatic heterocycles. The van der Waals surface area contributed by atoms with Gasteiger partial charge in [-0.1, -0.05) is 11.8 Å². The minimum absolute atomic E-state index is 0.0141. The summed E-state index contributed by atoms with van der Waals surface area (Å²) < 4.78 is 43.2. The average molecular weight is 528 g/mol. The van der Waals surface area contributed by atoms with Crippen molar-refractivity contribution in [1.29, 1.82) is 0 Å². The van der Waals surface area contributed by atoms with Crippen molar-refractivity contribution in [2.75, 3.05) is 0 Å². The first-order valence-electron chi connectivity index (χ1n) is 11.6. The normalized spacial score (nSPS) is 11.2. The fraction of sp³-hybridized carbons (Fsp3) is 0.107. The van der Waals surface area contributed by atoms with Crippen LogP contribution < -0.4 is 5.32 Å². The zero-order valence-electron chi connectivity index (χ0n) is 20.3. The number of aryl methyl sites for hydroxylation is 1. The first-order valence-corrected chi connectivity index (χ1v) is 13.2. The topological polar surface area (TPSA) is 98.4 Å². The van der Waals surface area contributed by atoms with Crippen molar-refractivity contribution in [2.45, 2.75) is 24.2 Å². The van der Waals surface area contributed by atoms with Crippen LogP contribution in [0.25, 0.3) is 5.65 Å². The van der Waals surface area contributed by atoms with E-state index in [-0.39, 0.29) is 34.4 Å². The van der Waals surface area contributed by atoms with Gasteiger partial charge in [0.25, 0.3) is 5.91 Å². The van der Waals surface area contributed by atoms with Crippen LogP contribution in [0.1, 0.15) is 32.7 Å². The predicted molar refractivity (Wildman–Crippen MR) is 139 cm³/mol. The molecule has 190 valence electrons. The van der Waals surface area contributed by atoms with Crippen molar-refractivity contribution in [1.82, 2.24) is 24.3 Å². The molecule has 5 aromatic rings. The summed E-state index contributed by atoms with van der Waals surface area (Å²) >= 11 is 0. The molecule has 0 fully saturated rings. The monoisotopic (exact) mass is 527 g/mol. The van der Waals surface area contributed by atoms with Crippen molar-refractivity contribution in [3.8, 4) is 11.8 Å². The van der Waals surface area contributed by atoms with Crippen molar-refractivity contribution >= 4 is 21.4 Å². The second-order valence-electron chi connectivity index (χ2n) is 8.65. The quantitative estimate of drug-likeness (QED) is 0.339. The molecular formula is C28H22FN5O3S. The lowest BCUT2D eigenvalue weighted by atomic mass is 10.1. The van der Waals surface area contributed by atoms with E-state index < -0.39 is 15.7 Å². The number of pyridine rings is 1. The van der Waals surface area contributed by atoms with E-state index in [1.165, 1.54) is 53.4 Å². The number of nitrogens with one attached hydrogen (secondary N) is 1. The molecule has 8 nitrogen and oxygen atoms in total. The number of carbonyl (C=O) groups excluding carboxylic acids is 1. The van der Waals surface area contributed by atoms with E-state index in [0.717, 1.165) is 11.2 Å². The minimum atomic E-state index is -3.84. The van der Waals surface area contributed by atoms with Crippen LogP contribution in [0, 0.1) is 24.6 Å². The van der Waals surface area contributed by atoms with E-state index in [1.54, 1.807) is 19.3 Å². The molecule has 0 atom stereocenters. The molecule has 38 heavy (non-hydrogen) atoms. The van der Waals surface area contributed by atoms with Gasteiger partial charge in [-0.25, -0.2) is 22.8 Å². The Kier molecular flexibility index (Phi) is 6.77. The predicted octanol–water partition coefficient (Wildman–Crippen LogP) is 3.74. The fourth-order valence-electron chi connectivity index (χ4n) is 3.87. The van der Waals surface area contributed by atoms with Crippen LogP contribution in [0.5, 0.6) is 0 Å². The highest BCUT2D eigenvalue weighted by Gasteiger charge is 2.21. The molecule has 2 aromatic carbocycles. The molecule has 1 N–H and O–H groups in total. The third kappa shape index (κ3) is 5.63. The maximum atomic E-state index is 13.3. The highest BCUT2D eigenvalue weighted by atomic mass is 32.2. The first-order chi connectivity index (χ1) is 18.3. The van der Waals surface area contributed by atoms with E-state index in [4.69, 9.17) is 0 Å². The summed E-state index contributed by atoms with van der Waals surface area (Å²) in [5, 5.41) is 2.85. The van der Waals surface area contributed by atoms with Crippen LogP contribution >= 0.6 is 0 Å². The fourth-order valence-corrected chi connectivity index (χ4v) is 5.26. The Morgan fingerprint density at radius 3 is 2.61 bits per heavy atom. The van der Waals surface area contributed by atoms with Crippen LogP contribution in [0.15, 0.2) is 90.6 Å². The van der Waals surface area contributed by atoms with Gasteiger partial charge in [-0.3, -0.25) is 4.79 Å². The highest BCUT2D eigenvalue weighted by Crippen LogP contribution is 2.21. The van der Waals surface area contributed by atoms with E-state index in [0.29, 0.717) is 11.3 Å². The van der Waals surface area contributed by atoms with Gasteiger partial charge >= 0.3 is 0 Å². The highest BCUT2D eigenvalue weighted by molar-refractivity contribution is 7.90. The lowest BCUT2D eigenvalue weighted by Gasteiger charge is -2.11. The second-order valence-corrected chi connectivity index (χ2v) is 10.6. The number of sulfone groups is 1. The van der Waals surface area contributed by atoms with Gasteiger partial charge in [0.15, 0.2) is 9.84 Å².